The predicted molar refractivity (Wildman–Crippen MR) is 135 cm³/mol. The Bertz CT molecular complexity index is 1140. The van der Waals surface area contributed by atoms with Crippen molar-refractivity contribution in [2.75, 3.05) is 11.1 Å². The average Bonchev–Trinajstić information content (AvgIpc) is 3.12. The highest BCUT2D eigenvalue weighted by molar-refractivity contribution is 7.99. The molecule has 33 heavy (non-hydrogen) atoms. The number of nitrogens with one attached hydrogen (secondary N) is 1. The molecule has 1 aromatic heterocycles. The van der Waals surface area contributed by atoms with Gasteiger partial charge >= 0.3 is 0 Å². The highest BCUT2D eigenvalue weighted by Gasteiger charge is 2.29. The van der Waals surface area contributed by atoms with Gasteiger partial charge in [-0.2, -0.15) is 0 Å². The first kappa shape index (κ1) is 23.4. The molecule has 2 aromatic carbocycles. The van der Waals surface area contributed by atoms with Crippen LogP contribution < -0.4 is 5.32 Å². The van der Waals surface area contributed by atoms with Crippen molar-refractivity contribution < 1.29 is 9.59 Å². The van der Waals surface area contributed by atoms with Gasteiger partial charge in [-0.1, -0.05) is 42.1 Å². The lowest BCUT2D eigenvalue weighted by Gasteiger charge is -2.39. The average molecular weight is 465 g/mol. The summed E-state index contributed by atoms with van der Waals surface area (Å²) in [6, 6.07) is 14.3. The van der Waals surface area contributed by atoms with E-state index in [0.29, 0.717) is 5.16 Å². The van der Waals surface area contributed by atoms with Gasteiger partial charge in [0.2, 0.25) is 11.8 Å². The molecule has 6 nitrogen and oxygen atoms in total. The number of amides is 2. The van der Waals surface area contributed by atoms with Crippen LogP contribution in [0.1, 0.15) is 44.2 Å². The van der Waals surface area contributed by atoms with Crippen LogP contribution in [0.25, 0.3) is 11.0 Å². The normalized spacial score (nSPS) is 18.5. The molecule has 0 saturated carbocycles. The largest absolute Gasteiger partial charge is 0.336 e. The van der Waals surface area contributed by atoms with Gasteiger partial charge in [0.25, 0.3) is 0 Å². The number of imidazole rings is 1. The van der Waals surface area contributed by atoms with Crippen molar-refractivity contribution in [3.8, 4) is 0 Å². The van der Waals surface area contributed by atoms with Gasteiger partial charge in [-0.25, -0.2) is 4.98 Å². The van der Waals surface area contributed by atoms with Crippen LogP contribution in [0.3, 0.4) is 0 Å². The van der Waals surface area contributed by atoms with Crippen molar-refractivity contribution in [3.63, 3.8) is 0 Å². The van der Waals surface area contributed by atoms with E-state index in [1.165, 1.54) is 11.8 Å². The molecule has 3 aromatic rings. The van der Waals surface area contributed by atoms with E-state index < -0.39 is 0 Å². The van der Waals surface area contributed by atoms with Crippen LogP contribution in [0.4, 0.5) is 5.69 Å². The Morgan fingerprint density at radius 3 is 2.39 bits per heavy atom. The van der Waals surface area contributed by atoms with Gasteiger partial charge in [-0.15, -0.1) is 0 Å². The monoisotopic (exact) mass is 464 g/mol. The second-order valence-corrected chi connectivity index (χ2v) is 9.95. The summed E-state index contributed by atoms with van der Waals surface area (Å²) in [6.07, 6.45) is 3.25. The summed E-state index contributed by atoms with van der Waals surface area (Å²) in [4.78, 5) is 32.8. The molecule has 1 aliphatic rings. The minimum atomic E-state index is -0.0828. The Morgan fingerprint density at radius 1 is 1.03 bits per heavy atom. The molecule has 1 aliphatic heterocycles. The van der Waals surface area contributed by atoms with Crippen molar-refractivity contribution in [2.45, 2.75) is 70.7 Å². The van der Waals surface area contributed by atoms with Gasteiger partial charge in [0, 0.05) is 17.8 Å². The molecule has 7 heteroatoms. The Kier molecular flexibility index (Phi) is 7.08. The van der Waals surface area contributed by atoms with E-state index in [1.54, 1.807) is 0 Å². The predicted octanol–water partition coefficient (Wildman–Crippen LogP) is 5.17. The Morgan fingerprint density at radius 2 is 1.70 bits per heavy atom. The van der Waals surface area contributed by atoms with Crippen LogP contribution in [0.15, 0.2) is 47.6 Å². The summed E-state index contributed by atoms with van der Waals surface area (Å²) in [7, 11) is 0. The lowest BCUT2D eigenvalue weighted by Crippen LogP contribution is -2.48. The van der Waals surface area contributed by atoms with Crippen molar-refractivity contribution in [2.24, 2.45) is 0 Å². The maximum Gasteiger partial charge on any atom is 0.243 e. The third-order valence-electron chi connectivity index (χ3n) is 6.47. The van der Waals surface area contributed by atoms with E-state index >= 15 is 0 Å². The number of carbonyl (C=O) groups excluding carboxylic acids is 2. The Labute approximate surface area is 199 Å². The van der Waals surface area contributed by atoms with Crippen molar-refractivity contribution in [3.05, 3.63) is 53.6 Å². The molecule has 0 spiro atoms. The summed E-state index contributed by atoms with van der Waals surface area (Å²) in [5.41, 5.74) is 4.69. The number of anilines is 1. The molecule has 0 bridgehead atoms. The molecular weight excluding hydrogens is 432 g/mol. The zero-order chi connectivity index (χ0) is 23.5. The summed E-state index contributed by atoms with van der Waals surface area (Å²) >= 11 is 1.37. The number of benzene rings is 2. The molecule has 0 unspecified atom stereocenters. The van der Waals surface area contributed by atoms with Gasteiger partial charge in [-0.3, -0.25) is 9.59 Å². The van der Waals surface area contributed by atoms with Gasteiger partial charge < -0.3 is 14.8 Å². The minimum absolute atomic E-state index is 0.0828. The molecule has 2 atom stereocenters. The van der Waals surface area contributed by atoms with E-state index in [9.17, 15) is 9.59 Å². The number of nitrogens with zero attached hydrogens (tertiary/aromatic N) is 3. The highest BCUT2D eigenvalue weighted by Crippen LogP contribution is 2.27. The Hall–Kier alpha value is -2.80. The third-order valence-corrected chi connectivity index (χ3v) is 7.45. The first-order chi connectivity index (χ1) is 15.8. The number of aryl methyl sites for hydroxylation is 2. The van der Waals surface area contributed by atoms with Crippen LogP contribution in [-0.2, 0) is 16.1 Å². The number of carbonyl (C=O) groups is 2. The Balaban J connectivity index is 1.52. The van der Waals surface area contributed by atoms with E-state index in [2.05, 4.69) is 19.2 Å². The number of piperidine rings is 1. The molecule has 0 radical (unpaired) electrons. The smallest absolute Gasteiger partial charge is 0.243 e. The fraction of sp³-hybridized carbons (Fsp3) is 0.423. The third kappa shape index (κ3) is 5.08. The summed E-state index contributed by atoms with van der Waals surface area (Å²) in [5.74, 6) is 0.252. The van der Waals surface area contributed by atoms with Crippen LogP contribution in [-0.4, -0.2) is 44.1 Å². The van der Waals surface area contributed by atoms with Gasteiger partial charge in [0.15, 0.2) is 5.16 Å². The van der Waals surface area contributed by atoms with E-state index in [0.717, 1.165) is 47.1 Å². The number of hydrogen-bond acceptors (Lipinski definition) is 4. The molecule has 4 rings (SSSR count). The van der Waals surface area contributed by atoms with Crippen LogP contribution >= 0.6 is 11.8 Å². The molecule has 1 fully saturated rings. The lowest BCUT2D eigenvalue weighted by atomic mass is 9.97. The summed E-state index contributed by atoms with van der Waals surface area (Å²) in [6.45, 7) is 8.48. The molecule has 0 aliphatic carbocycles. The number of para-hydroxylation sites is 3. The van der Waals surface area contributed by atoms with Gasteiger partial charge in [-0.05, 0) is 70.2 Å². The highest BCUT2D eigenvalue weighted by atomic mass is 32.2. The first-order valence-corrected chi connectivity index (χ1v) is 12.6. The molecule has 174 valence electrons. The maximum absolute atomic E-state index is 13.3. The quantitative estimate of drug-likeness (QED) is 0.511. The number of aromatic nitrogens is 2. The van der Waals surface area contributed by atoms with E-state index in [-0.39, 0.29) is 36.2 Å². The van der Waals surface area contributed by atoms with E-state index in [1.807, 2.05) is 65.8 Å². The fourth-order valence-electron chi connectivity index (χ4n) is 4.76. The topological polar surface area (TPSA) is 67.2 Å². The van der Waals surface area contributed by atoms with Crippen molar-refractivity contribution in [1.29, 1.82) is 0 Å². The molecular formula is C26H32N4O2S. The lowest BCUT2D eigenvalue weighted by molar-refractivity contribution is -0.138. The fourth-order valence-corrected chi connectivity index (χ4v) is 5.58. The second-order valence-electron chi connectivity index (χ2n) is 9.00. The van der Waals surface area contributed by atoms with Crippen LogP contribution in [0.5, 0.6) is 0 Å². The first-order valence-electron chi connectivity index (χ1n) is 11.6. The molecule has 1 N–H and O–H groups in total. The van der Waals surface area contributed by atoms with Gasteiger partial charge in [0.1, 0.15) is 6.54 Å². The molecule has 1 saturated heterocycles. The molecule has 2 heterocycles. The summed E-state index contributed by atoms with van der Waals surface area (Å²) in [5, 5.41) is 3.73. The van der Waals surface area contributed by atoms with E-state index in [4.69, 9.17) is 4.98 Å². The van der Waals surface area contributed by atoms with Crippen LogP contribution in [0.2, 0.25) is 0 Å². The standard InChI is InChI=1S/C26H32N4O2S/c1-17-9-7-10-18(2)25(17)28-23(31)16-33-26-27-21-13-5-6-14-22(21)29(26)15-24(32)30-19(3)11-8-12-20(30)4/h5-7,9-10,13-14,19-20H,8,11-12,15-16H2,1-4H3,(H,28,31)/t19-,20-/m1/s1. The maximum atomic E-state index is 13.3. The number of rotatable bonds is 6. The SMILES string of the molecule is Cc1cccc(C)c1NC(=O)CSc1nc2ccccc2n1CC(=O)N1[C@H](C)CCC[C@H]1C. The number of hydrogen-bond donors (Lipinski definition) is 1. The van der Waals surface area contributed by atoms with Gasteiger partial charge in [0.05, 0.1) is 16.8 Å². The van der Waals surface area contributed by atoms with Crippen LogP contribution in [0, 0.1) is 13.8 Å². The second kappa shape index (κ2) is 10.00. The minimum Gasteiger partial charge on any atom is -0.336 e. The number of thioether (sulfide) groups is 1. The zero-order valence-corrected chi connectivity index (χ0v) is 20.6. The van der Waals surface area contributed by atoms with Crippen molar-refractivity contribution in [1.82, 2.24) is 14.5 Å². The zero-order valence-electron chi connectivity index (χ0n) is 19.8. The summed E-state index contributed by atoms with van der Waals surface area (Å²) < 4.78 is 1.96. The number of fused-ring (bicyclic) bond motifs is 1. The number of likely N-dealkylation sites (tertiary alicyclic amines) is 1. The molecule has 2 amide bonds. The van der Waals surface area contributed by atoms with Crippen molar-refractivity contribution >= 4 is 40.3 Å².